The molecule has 1 heterocycles. The van der Waals surface area contributed by atoms with Gasteiger partial charge in [0.25, 0.3) is 0 Å². The van der Waals surface area contributed by atoms with Crippen LogP contribution in [0.2, 0.25) is 5.02 Å². The molecule has 2 rings (SSSR count). The zero-order valence-corrected chi connectivity index (χ0v) is 15.1. The zero-order chi connectivity index (χ0) is 18.4. The van der Waals surface area contributed by atoms with Crippen molar-refractivity contribution in [1.29, 1.82) is 0 Å². The highest BCUT2D eigenvalue weighted by Gasteiger charge is 2.34. The molecule has 0 fully saturated rings. The molecule has 7 nitrogen and oxygen atoms in total. The van der Waals surface area contributed by atoms with E-state index in [-0.39, 0.29) is 24.6 Å². The number of para-hydroxylation sites is 1. The Morgan fingerprint density at radius 3 is 2.60 bits per heavy atom. The van der Waals surface area contributed by atoms with Gasteiger partial charge in [-0.25, -0.2) is 9.59 Å². The Balaban J connectivity index is 2.58. The first-order valence-electron chi connectivity index (χ1n) is 7.71. The fourth-order valence-corrected chi connectivity index (χ4v) is 2.61. The quantitative estimate of drug-likeness (QED) is 0.713. The van der Waals surface area contributed by atoms with Gasteiger partial charge in [-0.15, -0.1) is 0 Å². The van der Waals surface area contributed by atoms with Gasteiger partial charge in [0.1, 0.15) is 12.4 Å². The molecule has 1 aliphatic rings. The standard InChI is InChI=1S/C17H20ClNO6/c1-4-8-25-15-12(18)6-5-7-13(15)19-10-24-9-11(16(20)22-2)14(19)17(21)23-3/h5-7H,4,8-10H2,1-3H3. The second kappa shape index (κ2) is 8.73. The Morgan fingerprint density at radius 2 is 1.96 bits per heavy atom. The molecule has 0 unspecified atom stereocenters. The van der Waals surface area contributed by atoms with E-state index in [4.69, 9.17) is 30.5 Å². The Morgan fingerprint density at radius 1 is 1.24 bits per heavy atom. The molecule has 0 aliphatic carbocycles. The Hall–Kier alpha value is -2.25. The molecule has 0 saturated carbocycles. The molecule has 0 radical (unpaired) electrons. The molecule has 0 amide bonds. The summed E-state index contributed by atoms with van der Waals surface area (Å²) in [6.45, 7) is 2.40. The van der Waals surface area contributed by atoms with E-state index in [1.807, 2.05) is 6.92 Å². The van der Waals surface area contributed by atoms with Crippen LogP contribution in [-0.4, -0.2) is 46.1 Å². The first kappa shape index (κ1) is 19.1. The van der Waals surface area contributed by atoms with E-state index in [2.05, 4.69) is 0 Å². The number of hydrogen-bond donors (Lipinski definition) is 0. The summed E-state index contributed by atoms with van der Waals surface area (Å²) in [6, 6.07) is 5.13. The van der Waals surface area contributed by atoms with Crippen LogP contribution in [0.25, 0.3) is 0 Å². The number of carbonyl (C=O) groups excluding carboxylic acids is 2. The summed E-state index contributed by atoms with van der Waals surface area (Å²) < 4.78 is 20.8. The van der Waals surface area contributed by atoms with Gasteiger partial charge in [-0.05, 0) is 18.6 Å². The third kappa shape index (κ3) is 4.05. The lowest BCUT2D eigenvalue weighted by molar-refractivity contribution is -0.140. The average Bonchev–Trinajstić information content (AvgIpc) is 2.65. The van der Waals surface area contributed by atoms with Crippen LogP contribution in [0.15, 0.2) is 29.5 Å². The van der Waals surface area contributed by atoms with E-state index in [9.17, 15) is 9.59 Å². The van der Waals surface area contributed by atoms with Crippen LogP contribution < -0.4 is 9.64 Å². The predicted molar refractivity (Wildman–Crippen MR) is 91.6 cm³/mol. The van der Waals surface area contributed by atoms with Gasteiger partial charge >= 0.3 is 11.9 Å². The van der Waals surface area contributed by atoms with Crippen molar-refractivity contribution < 1.29 is 28.5 Å². The van der Waals surface area contributed by atoms with Gasteiger partial charge < -0.3 is 23.8 Å². The minimum Gasteiger partial charge on any atom is -0.490 e. The lowest BCUT2D eigenvalue weighted by Gasteiger charge is -2.32. The van der Waals surface area contributed by atoms with Crippen molar-refractivity contribution in [1.82, 2.24) is 0 Å². The Bertz CT molecular complexity index is 688. The summed E-state index contributed by atoms with van der Waals surface area (Å²) in [5.74, 6) is -0.935. The number of esters is 2. The van der Waals surface area contributed by atoms with Crippen molar-refractivity contribution in [3.8, 4) is 5.75 Å². The highest BCUT2D eigenvalue weighted by Crippen LogP contribution is 2.39. The summed E-state index contributed by atoms with van der Waals surface area (Å²) in [5.41, 5.74) is 0.619. The lowest BCUT2D eigenvalue weighted by atomic mass is 10.1. The van der Waals surface area contributed by atoms with Crippen LogP contribution in [0.3, 0.4) is 0 Å². The smallest absolute Gasteiger partial charge is 0.355 e. The number of carbonyl (C=O) groups is 2. The third-order valence-corrected chi connectivity index (χ3v) is 3.82. The van der Waals surface area contributed by atoms with Crippen molar-refractivity contribution in [2.75, 3.05) is 39.1 Å². The summed E-state index contributed by atoms with van der Waals surface area (Å²) in [6.07, 6.45) is 0.786. The molecule has 0 N–H and O–H groups in total. The van der Waals surface area contributed by atoms with Gasteiger partial charge in [0.15, 0.2) is 5.75 Å². The minimum atomic E-state index is -0.676. The number of methoxy groups -OCH3 is 2. The maximum absolute atomic E-state index is 12.3. The molecule has 25 heavy (non-hydrogen) atoms. The summed E-state index contributed by atoms with van der Waals surface area (Å²) >= 11 is 6.26. The molecule has 1 aliphatic heterocycles. The highest BCUT2D eigenvalue weighted by molar-refractivity contribution is 6.32. The fraction of sp³-hybridized carbons (Fsp3) is 0.412. The van der Waals surface area contributed by atoms with E-state index in [1.54, 1.807) is 18.2 Å². The minimum absolute atomic E-state index is 0.0355. The van der Waals surface area contributed by atoms with E-state index in [0.717, 1.165) is 6.42 Å². The van der Waals surface area contributed by atoms with Gasteiger partial charge in [-0.3, -0.25) is 0 Å². The maximum atomic E-state index is 12.3. The molecule has 1 aromatic carbocycles. The lowest BCUT2D eigenvalue weighted by Crippen LogP contribution is -2.39. The average molecular weight is 370 g/mol. The van der Waals surface area contributed by atoms with Crippen LogP contribution in [0.1, 0.15) is 13.3 Å². The van der Waals surface area contributed by atoms with Gasteiger partial charge in [-0.1, -0.05) is 24.6 Å². The van der Waals surface area contributed by atoms with Crippen LogP contribution in [0.4, 0.5) is 5.69 Å². The summed E-state index contributed by atoms with van der Waals surface area (Å²) in [4.78, 5) is 25.9. The Kier molecular flexibility index (Phi) is 6.66. The van der Waals surface area contributed by atoms with Crippen molar-refractivity contribution in [2.45, 2.75) is 13.3 Å². The summed E-state index contributed by atoms with van der Waals surface area (Å²) in [7, 11) is 2.47. The predicted octanol–water partition coefficient (Wildman–Crippen LogP) is 2.52. The van der Waals surface area contributed by atoms with E-state index in [0.29, 0.717) is 23.1 Å². The molecule has 0 bridgehead atoms. The van der Waals surface area contributed by atoms with Crippen LogP contribution >= 0.6 is 11.6 Å². The number of rotatable bonds is 6. The molecule has 0 atom stereocenters. The van der Waals surface area contributed by atoms with Crippen molar-refractivity contribution in [3.63, 3.8) is 0 Å². The molecule has 1 aromatic rings. The second-order valence-electron chi connectivity index (χ2n) is 5.15. The van der Waals surface area contributed by atoms with Gasteiger partial charge in [-0.2, -0.15) is 0 Å². The number of halogens is 1. The van der Waals surface area contributed by atoms with Crippen molar-refractivity contribution in [2.24, 2.45) is 0 Å². The number of nitrogens with zero attached hydrogens (tertiary/aromatic N) is 1. The topological polar surface area (TPSA) is 74.3 Å². The SMILES string of the molecule is CCCOc1c(Cl)cccc1N1COCC(C(=O)OC)=C1C(=O)OC. The van der Waals surface area contributed by atoms with E-state index < -0.39 is 11.9 Å². The Labute approximate surface area is 151 Å². The van der Waals surface area contributed by atoms with Crippen LogP contribution in [-0.2, 0) is 23.8 Å². The van der Waals surface area contributed by atoms with Crippen LogP contribution in [0, 0.1) is 0 Å². The van der Waals surface area contributed by atoms with Gasteiger partial charge in [0.2, 0.25) is 0 Å². The van der Waals surface area contributed by atoms with Gasteiger partial charge in [0, 0.05) is 0 Å². The fourth-order valence-electron chi connectivity index (χ4n) is 2.39. The highest BCUT2D eigenvalue weighted by atomic mass is 35.5. The van der Waals surface area contributed by atoms with E-state index in [1.165, 1.54) is 19.1 Å². The maximum Gasteiger partial charge on any atom is 0.355 e. The third-order valence-electron chi connectivity index (χ3n) is 3.52. The molecular formula is C17H20ClNO6. The van der Waals surface area contributed by atoms with Crippen molar-refractivity contribution >= 4 is 29.2 Å². The molecule has 8 heteroatoms. The molecule has 0 saturated heterocycles. The zero-order valence-electron chi connectivity index (χ0n) is 14.3. The number of ether oxygens (including phenoxy) is 4. The van der Waals surface area contributed by atoms with Crippen LogP contribution in [0.5, 0.6) is 5.75 Å². The largest absolute Gasteiger partial charge is 0.490 e. The molecule has 136 valence electrons. The van der Waals surface area contributed by atoms with Crippen molar-refractivity contribution in [3.05, 3.63) is 34.5 Å². The monoisotopic (exact) mass is 369 g/mol. The van der Waals surface area contributed by atoms with E-state index >= 15 is 0 Å². The van der Waals surface area contributed by atoms with Gasteiger partial charge in [0.05, 0.1) is 43.7 Å². The number of anilines is 1. The molecular weight excluding hydrogens is 350 g/mol. The molecule has 0 spiro atoms. The first-order valence-corrected chi connectivity index (χ1v) is 8.09. The normalized spacial score (nSPS) is 14.3. The number of benzene rings is 1. The second-order valence-corrected chi connectivity index (χ2v) is 5.56. The summed E-state index contributed by atoms with van der Waals surface area (Å²) in [5, 5.41) is 0.389. The number of hydrogen-bond acceptors (Lipinski definition) is 7. The molecule has 0 aromatic heterocycles. The first-order chi connectivity index (χ1) is 12.0.